The Labute approximate surface area is 178 Å². The molecule has 1 aliphatic rings. The van der Waals surface area contributed by atoms with Gasteiger partial charge in [0.1, 0.15) is 17.5 Å². The number of hydrogen-bond donors (Lipinski definition) is 1. The molecule has 0 saturated heterocycles. The number of benzene rings is 2. The van der Waals surface area contributed by atoms with Crippen LogP contribution < -0.4 is 14.8 Å². The van der Waals surface area contributed by atoms with E-state index in [0.29, 0.717) is 31.5 Å². The average molecular weight is 411 g/mol. The number of methoxy groups -OCH3 is 2. The van der Waals surface area contributed by atoms with E-state index in [1.54, 1.807) is 19.1 Å². The Morgan fingerprint density at radius 1 is 1.13 bits per heavy atom. The van der Waals surface area contributed by atoms with Crippen LogP contribution >= 0.6 is 0 Å². The monoisotopic (exact) mass is 410 g/mol. The summed E-state index contributed by atoms with van der Waals surface area (Å²) in [4.78, 5) is 27.7. The fraction of sp³-hybridized carbons (Fsp3) is 0.417. The molecule has 0 fully saturated rings. The molecule has 6 nitrogen and oxygen atoms in total. The second-order valence-electron chi connectivity index (χ2n) is 7.95. The van der Waals surface area contributed by atoms with Crippen molar-refractivity contribution >= 4 is 11.8 Å². The molecule has 0 spiro atoms. The van der Waals surface area contributed by atoms with Crippen LogP contribution in [0.15, 0.2) is 42.5 Å². The lowest BCUT2D eigenvalue weighted by atomic mass is 10.0. The molecule has 160 valence electrons. The largest absolute Gasteiger partial charge is 0.497 e. The summed E-state index contributed by atoms with van der Waals surface area (Å²) in [7, 11) is 3.24. The maximum atomic E-state index is 13.1. The highest BCUT2D eigenvalue weighted by molar-refractivity contribution is 6.01. The summed E-state index contributed by atoms with van der Waals surface area (Å²) in [5, 5.41) is 3.02. The molecule has 1 heterocycles. The van der Waals surface area contributed by atoms with E-state index in [1.807, 2.05) is 42.5 Å². The quantitative estimate of drug-likeness (QED) is 0.688. The number of rotatable bonds is 9. The fourth-order valence-corrected chi connectivity index (χ4v) is 3.87. The minimum Gasteiger partial charge on any atom is -0.497 e. The number of carbonyl (C=O) groups is 2. The Kier molecular flexibility index (Phi) is 6.98. The minimum atomic E-state index is -0.489. The van der Waals surface area contributed by atoms with Crippen LogP contribution in [-0.2, 0) is 17.8 Å². The zero-order valence-corrected chi connectivity index (χ0v) is 18.1. The van der Waals surface area contributed by atoms with Crippen LogP contribution in [0.2, 0.25) is 0 Å². The normalized spacial score (nSPS) is 13.9. The van der Waals surface area contributed by atoms with E-state index in [9.17, 15) is 9.59 Å². The van der Waals surface area contributed by atoms with Crippen molar-refractivity contribution < 1.29 is 19.1 Å². The van der Waals surface area contributed by atoms with Gasteiger partial charge in [0.15, 0.2) is 0 Å². The molecule has 1 N–H and O–H groups in total. The van der Waals surface area contributed by atoms with Crippen LogP contribution in [0.25, 0.3) is 0 Å². The molecular weight excluding hydrogens is 380 g/mol. The van der Waals surface area contributed by atoms with Gasteiger partial charge in [0, 0.05) is 18.7 Å². The van der Waals surface area contributed by atoms with Crippen molar-refractivity contribution in [1.29, 1.82) is 0 Å². The first-order valence-corrected chi connectivity index (χ1v) is 10.3. The molecular formula is C24H30N2O4. The Bertz CT molecular complexity index is 910. The van der Waals surface area contributed by atoms with Crippen LogP contribution in [0.5, 0.6) is 11.5 Å². The molecule has 1 aliphatic heterocycles. The van der Waals surface area contributed by atoms with Gasteiger partial charge in [0.2, 0.25) is 5.91 Å². The zero-order valence-electron chi connectivity index (χ0n) is 18.1. The van der Waals surface area contributed by atoms with Gasteiger partial charge in [0.25, 0.3) is 5.91 Å². The van der Waals surface area contributed by atoms with Crippen molar-refractivity contribution in [2.75, 3.05) is 20.8 Å². The van der Waals surface area contributed by atoms with Crippen molar-refractivity contribution in [2.24, 2.45) is 5.92 Å². The highest BCUT2D eigenvalue weighted by Crippen LogP contribution is 2.27. The fourth-order valence-electron chi connectivity index (χ4n) is 3.87. The third-order valence-corrected chi connectivity index (χ3v) is 5.40. The van der Waals surface area contributed by atoms with E-state index >= 15 is 0 Å². The summed E-state index contributed by atoms with van der Waals surface area (Å²) < 4.78 is 10.7. The highest BCUT2D eigenvalue weighted by Gasteiger charge is 2.36. The first-order valence-electron chi connectivity index (χ1n) is 10.3. The van der Waals surface area contributed by atoms with Gasteiger partial charge in [-0.15, -0.1) is 0 Å². The standard InChI is InChI=1S/C24H30N2O4/c1-16(2)13-21(26-15-18-7-5-6-8-20(18)24(26)28)23(27)25-12-11-17-14-19(29-3)9-10-22(17)30-4/h5-10,14,16,21H,11-13,15H2,1-4H3,(H,25,27). The molecule has 0 bridgehead atoms. The molecule has 0 aromatic heterocycles. The van der Waals surface area contributed by atoms with Crippen LogP contribution in [0, 0.1) is 5.92 Å². The number of ether oxygens (including phenoxy) is 2. The predicted molar refractivity (Wildman–Crippen MR) is 116 cm³/mol. The topological polar surface area (TPSA) is 67.9 Å². The van der Waals surface area contributed by atoms with Gasteiger partial charge in [-0.2, -0.15) is 0 Å². The van der Waals surface area contributed by atoms with Crippen LogP contribution in [0.1, 0.15) is 41.8 Å². The van der Waals surface area contributed by atoms with Gasteiger partial charge in [0.05, 0.1) is 14.2 Å². The zero-order chi connectivity index (χ0) is 21.7. The first kappa shape index (κ1) is 21.7. The van der Waals surface area contributed by atoms with Gasteiger partial charge in [-0.1, -0.05) is 32.0 Å². The molecule has 30 heavy (non-hydrogen) atoms. The summed E-state index contributed by atoms with van der Waals surface area (Å²) in [6.45, 7) is 5.06. The van der Waals surface area contributed by atoms with Crippen molar-refractivity contribution in [3.63, 3.8) is 0 Å². The van der Waals surface area contributed by atoms with Crippen molar-refractivity contribution in [3.05, 3.63) is 59.2 Å². The molecule has 6 heteroatoms. The summed E-state index contributed by atoms with van der Waals surface area (Å²) >= 11 is 0. The van der Waals surface area contributed by atoms with E-state index in [2.05, 4.69) is 19.2 Å². The summed E-state index contributed by atoms with van der Waals surface area (Å²) in [6, 6.07) is 12.7. The van der Waals surface area contributed by atoms with Crippen molar-refractivity contribution in [2.45, 2.75) is 39.3 Å². The van der Waals surface area contributed by atoms with Crippen molar-refractivity contribution in [3.8, 4) is 11.5 Å². The lowest BCUT2D eigenvalue weighted by Crippen LogP contribution is -2.48. The van der Waals surface area contributed by atoms with E-state index in [-0.39, 0.29) is 17.7 Å². The van der Waals surface area contributed by atoms with E-state index in [0.717, 1.165) is 22.6 Å². The summed E-state index contributed by atoms with van der Waals surface area (Å²) in [5.41, 5.74) is 2.63. The molecule has 2 aromatic carbocycles. The summed E-state index contributed by atoms with van der Waals surface area (Å²) in [5.74, 6) is 1.60. The first-order chi connectivity index (χ1) is 14.4. The number of nitrogens with zero attached hydrogens (tertiary/aromatic N) is 1. The maximum Gasteiger partial charge on any atom is 0.255 e. The number of carbonyl (C=O) groups excluding carboxylic acids is 2. The third-order valence-electron chi connectivity index (χ3n) is 5.40. The Hall–Kier alpha value is -3.02. The maximum absolute atomic E-state index is 13.1. The SMILES string of the molecule is COc1ccc(OC)c(CCNC(=O)C(CC(C)C)N2Cc3ccccc3C2=O)c1. The minimum absolute atomic E-state index is 0.0686. The number of amides is 2. The van der Waals surface area contributed by atoms with Gasteiger partial charge >= 0.3 is 0 Å². The lowest BCUT2D eigenvalue weighted by Gasteiger charge is -2.28. The predicted octanol–water partition coefficient (Wildman–Crippen LogP) is 3.43. The van der Waals surface area contributed by atoms with Gasteiger partial charge in [-0.05, 0) is 54.2 Å². The lowest BCUT2D eigenvalue weighted by molar-refractivity contribution is -0.126. The second kappa shape index (κ2) is 9.65. The number of hydrogen-bond acceptors (Lipinski definition) is 4. The van der Waals surface area contributed by atoms with Crippen LogP contribution in [-0.4, -0.2) is 43.5 Å². The molecule has 0 saturated carbocycles. The molecule has 2 amide bonds. The molecule has 0 radical (unpaired) electrons. The van der Waals surface area contributed by atoms with Gasteiger partial charge < -0.3 is 19.7 Å². The van der Waals surface area contributed by atoms with E-state index < -0.39 is 6.04 Å². The van der Waals surface area contributed by atoms with E-state index in [1.165, 1.54) is 0 Å². The van der Waals surface area contributed by atoms with Crippen molar-refractivity contribution in [1.82, 2.24) is 10.2 Å². The average Bonchev–Trinajstić information content (AvgIpc) is 3.08. The second-order valence-corrected chi connectivity index (χ2v) is 7.95. The number of fused-ring (bicyclic) bond motifs is 1. The van der Waals surface area contributed by atoms with Gasteiger partial charge in [-0.25, -0.2) is 0 Å². The smallest absolute Gasteiger partial charge is 0.255 e. The highest BCUT2D eigenvalue weighted by atomic mass is 16.5. The third kappa shape index (κ3) is 4.75. The molecule has 3 rings (SSSR count). The number of nitrogens with one attached hydrogen (secondary N) is 1. The summed E-state index contributed by atoms with van der Waals surface area (Å²) in [6.07, 6.45) is 1.22. The Morgan fingerprint density at radius 2 is 1.90 bits per heavy atom. The Morgan fingerprint density at radius 3 is 2.57 bits per heavy atom. The Balaban J connectivity index is 1.68. The molecule has 1 unspecified atom stereocenters. The molecule has 1 atom stereocenters. The van der Waals surface area contributed by atoms with E-state index in [4.69, 9.17) is 9.47 Å². The molecule has 0 aliphatic carbocycles. The molecule has 2 aromatic rings. The van der Waals surface area contributed by atoms with Gasteiger partial charge in [-0.3, -0.25) is 9.59 Å². The van der Waals surface area contributed by atoms with Crippen LogP contribution in [0.4, 0.5) is 0 Å². The van der Waals surface area contributed by atoms with Crippen LogP contribution in [0.3, 0.4) is 0 Å².